The van der Waals surface area contributed by atoms with Gasteiger partial charge >= 0.3 is 0 Å². The van der Waals surface area contributed by atoms with Gasteiger partial charge in [-0.25, -0.2) is 0 Å². The van der Waals surface area contributed by atoms with Crippen molar-refractivity contribution in [1.29, 1.82) is 0 Å². The number of carbonyl (C=O) groups is 1. The maximum Gasteiger partial charge on any atom is 0.258 e. The van der Waals surface area contributed by atoms with Crippen LogP contribution in [0.2, 0.25) is 15.1 Å². The third kappa shape index (κ3) is 4.24. The third-order valence-electron chi connectivity index (χ3n) is 4.90. The van der Waals surface area contributed by atoms with Gasteiger partial charge in [-0.3, -0.25) is 4.79 Å². The van der Waals surface area contributed by atoms with Crippen LogP contribution in [-0.2, 0) is 0 Å². The minimum atomic E-state index is -0.287. The molecule has 0 bridgehead atoms. The third-order valence-corrected chi connectivity index (χ3v) is 5.77. The predicted octanol–water partition coefficient (Wildman–Crippen LogP) is 4.07. The molecule has 2 aromatic rings. The van der Waals surface area contributed by atoms with E-state index in [1.807, 2.05) is 7.05 Å². The van der Waals surface area contributed by atoms with Crippen LogP contribution in [0.5, 0.6) is 5.75 Å². The van der Waals surface area contributed by atoms with Gasteiger partial charge in [0.05, 0.1) is 30.3 Å². The lowest BCUT2D eigenvalue weighted by Crippen LogP contribution is -2.55. The molecule has 0 spiro atoms. The first kappa shape index (κ1) is 21.2. The van der Waals surface area contributed by atoms with Crippen LogP contribution < -0.4 is 4.74 Å². The standard InChI is InChI=1S/C20H21Cl3N2O3/c1-24-5-6-25(13(10-24)11-26)20(27)16-8-15(18(23)9-19(16)28-2)14-7-12(21)3-4-17(14)22/h3-4,7-9,13,26H,5-6,10-11H2,1-2H3. The van der Waals surface area contributed by atoms with Gasteiger partial charge in [0.15, 0.2) is 0 Å². The largest absolute Gasteiger partial charge is 0.496 e. The van der Waals surface area contributed by atoms with Crippen molar-refractivity contribution in [2.75, 3.05) is 40.4 Å². The van der Waals surface area contributed by atoms with E-state index in [1.165, 1.54) is 7.11 Å². The second-order valence-electron chi connectivity index (χ2n) is 6.75. The lowest BCUT2D eigenvalue weighted by atomic mass is 10.0. The Morgan fingerprint density at radius 1 is 1.14 bits per heavy atom. The zero-order valence-electron chi connectivity index (χ0n) is 15.6. The summed E-state index contributed by atoms with van der Waals surface area (Å²) >= 11 is 18.9. The van der Waals surface area contributed by atoms with Crippen LogP contribution in [0.3, 0.4) is 0 Å². The van der Waals surface area contributed by atoms with Gasteiger partial charge in [0.25, 0.3) is 5.91 Å². The van der Waals surface area contributed by atoms with Crippen molar-refractivity contribution >= 4 is 40.7 Å². The lowest BCUT2D eigenvalue weighted by Gasteiger charge is -2.39. The van der Waals surface area contributed by atoms with E-state index in [2.05, 4.69) is 4.90 Å². The van der Waals surface area contributed by atoms with Crippen LogP contribution in [-0.4, -0.2) is 67.3 Å². The van der Waals surface area contributed by atoms with Gasteiger partial charge < -0.3 is 19.6 Å². The number of carbonyl (C=O) groups excluding carboxylic acids is 1. The van der Waals surface area contributed by atoms with E-state index < -0.39 is 0 Å². The topological polar surface area (TPSA) is 53.0 Å². The second kappa shape index (κ2) is 8.89. The molecule has 28 heavy (non-hydrogen) atoms. The highest BCUT2D eigenvalue weighted by Gasteiger charge is 2.31. The lowest BCUT2D eigenvalue weighted by molar-refractivity contribution is 0.0353. The molecule has 0 aromatic heterocycles. The Hall–Kier alpha value is -1.50. The van der Waals surface area contributed by atoms with E-state index in [9.17, 15) is 9.90 Å². The Morgan fingerprint density at radius 2 is 1.86 bits per heavy atom. The molecule has 5 nitrogen and oxygen atoms in total. The number of ether oxygens (including phenoxy) is 1. The Balaban J connectivity index is 2.07. The first-order valence-electron chi connectivity index (χ1n) is 8.79. The molecular weight excluding hydrogens is 423 g/mol. The van der Waals surface area contributed by atoms with Gasteiger partial charge in [-0.05, 0) is 31.3 Å². The van der Waals surface area contributed by atoms with Crippen LogP contribution in [0.15, 0.2) is 30.3 Å². The summed E-state index contributed by atoms with van der Waals surface area (Å²) in [5.41, 5.74) is 1.59. The first-order chi connectivity index (χ1) is 13.3. The van der Waals surface area contributed by atoms with Crippen molar-refractivity contribution in [2.24, 2.45) is 0 Å². The summed E-state index contributed by atoms with van der Waals surface area (Å²) in [6.45, 7) is 1.73. The Bertz CT molecular complexity index is 891. The van der Waals surface area contributed by atoms with E-state index in [4.69, 9.17) is 39.5 Å². The van der Waals surface area contributed by atoms with Crippen molar-refractivity contribution in [3.05, 3.63) is 51.0 Å². The fourth-order valence-corrected chi connectivity index (χ4v) is 4.04. The highest BCUT2D eigenvalue weighted by molar-refractivity contribution is 6.38. The van der Waals surface area contributed by atoms with Crippen molar-refractivity contribution in [3.8, 4) is 16.9 Å². The number of nitrogens with zero attached hydrogens (tertiary/aromatic N) is 2. The van der Waals surface area contributed by atoms with Crippen molar-refractivity contribution in [3.63, 3.8) is 0 Å². The monoisotopic (exact) mass is 442 g/mol. The van der Waals surface area contributed by atoms with Gasteiger partial charge in [0.1, 0.15) is 5.75 Å². The highest BCUT2D eigenvalue weighted by Crippen LogP contribution is 2.39. The summed E-state index contributed by atoms with van der Waals surface area (Å²) in [6, 6.07) is 8.07. The summed E-state index contributed by atoms with van der Waals surface area (Å²) in [5, 5.41) is 11.1. The number of aliphatic hydroxyl groups is 1. The molecule has 2 aromatic carbocycles. The number of benzene rings is 2. The normalized spacial score (nSPS) is 17.6. The van der Waals surface area contributed by atoms with Gasteiger partial charge in [-0.1, -0.05) is 34.8 Å². The molecule has 1 unspecified atom stereocenters. The molecule has 8 heteroatoms. The predicted molar refractivity (Wildman–Crippen MR) is 113 cm³/mol. The Kier molecular flexibility index (Phi) is 6.73. The summed E-state index contributed by atoms with van der Waals surface area (Å²) in [6.07, 6.45) is 0. The zero-order valence-corrected chi connectivity index (χ0v) is 17.9. The number of piperazine rings is 1. The maximum absolute atomic E-state index is 13.3. The molecule has 1 aliphatic rings. The fourth-order valence-electron chi connectivity index (χ4n) is 3.39. The minimum absolute atomic E-state index is 0.112. The number of methoxy groups -OCH3 is 1. The molecule has 1 heterocycles. The molecule has 3 rings (SSSR count). The zero-order chi connectivity index (χ0) is 20.4. The van der Waals surface area contributed by atoms with Crippen molar-refractivity contribution in [1.82, 2.24) is 9.80 Å². The van der Waals surface area contributed by atoms with E-state index in [0.717, 1.165) is 6.54 Å². The van der Waals surface area contributed by atoms with E-state index in [-0.39, 0.29) is 18.6 Å². The summed E-state index contributed by atoms with van der Waals surface area (Å²) < 4.78 is 5.41. The number of aliphatic hydroxyl groups excluding tert-OH is 1. The fraction of sp³-hybridized carbons (Fsp3) is 0.350. The molecule has 0 saturated carbocycles. The number of likely N-dealkylation sites (N-methyl/N-ethyl adjacent to an activating group) is 1. The molecule has 1 saturated heterocycles. The number of rotatable bonds is 4. The molecule has 150 valence electrons. The summed E-state index contributed by atoms with van der Waals surface area (Å²) in [4.78, 5) is 17.1. The number of hydrogen-bond acceptors (Lipinski definition) is 4. The average molecular weight is 444 g/mol. The van der Waals surface area contributed by atoms with Crippen molar-refractivity contribution in [2.45, 2.75) is 6.04 Å². The van der Waals surface area contributed by atoms with Crippen LogP contribution in [0, 0.1) is 0 Å². The van der Waals surface area contributed by atoms with Crippen LogP contribution in [0.1, 0.15) is 10.4 Å². The van der Waals surface area contributed by atoms with Gasteiger partial charge in [-0.15, -0.1) is 0 Å². The molecule has 1 amide bonds. The molecule has 0 aliphatic carbocycles. The average Bonchev–Trinajstić information content (AvgIpc) is 2.69. The molecule has 1 N–H and O–H groups in total. The molecule has 1 atom stereocenters. The van der Waals surface area contributed by atoms with E-state index in [0.29, 0.717) is 50.6 Å². The van der Waals surface area contributed by atoms with Crippen LogP contribution in [0.25, 0.3) is 11.1 Å². The van der Waals surface area contributed by atoms with Gasteiger partial charge in [-0.2, -0.15) is 0 Å². The molecule has 1 aliphatic heterocycles. The number of halogens is 3. The number of hydrogen-bond donors (Lipinski definition) is 1. The smallest absolute Gasteiger partial charge is 0.258 e. The highest BCUT2D eigenvalue weighted by atomic mass is 35.5. The Morgan fingerprint density at radius 3 is 2.54 bits per heavy atom. The molecule has 1 fully saturated rings. The van der Waals surface area contributed by atoms with Gasteiger partial charge in [0, 0.05) is 46.9 Å². The SMILES string of the molecule is COc1cc(Cl)c(-c2cc(Cl)ccc2Cl)cc1C(=O)N1CCN(C)CC1CO. The summed E-state index contributed by atoms with van der Waals surface area (Å²) in [5.74, 6) is 0.146. The molecule has 0 radical (unpaired) electrons. The number of amides is 1. The Labute approximate surface area is 179 Å². The quantitative estimate of drug-likeness (QED) is 0.774. The summed E-state index contributed by atoms with van der Waals surface area (Å²) in [7, 11) is 3.45. The first-order valence-corrected chi connectivity index (χ1v) is 9.92. The second-order valence-corrected chi connectivity index (χ2v) is 8.00. The van der Waals surface area contributed by atoms with E-state index in [1.54, 1.807) is 35.2 Å². The van der Waals surface area contributed by atoms with Gasteiger partial charge in [0.2, 0.25) is 0 Å². The van der Waals surface area contributed by atoms with Crippen molar-refractivity contribution < 1.29 is 14.6 Å². The maximum atomic E-state index is 13.3. The van der Waals surface area contributed by atoms with Crippen LogP contribution >= 0.6 is 34.8 Å². The van der Waals surface area contributed by atoms with E-state index >= 15 is 0 Å². The van der Waals surface area contributed by atoms with Crippen LogP contribution in [0.4, 0.5) is 0 Å². The molecular formula is C20H21Cl3N2O3. The minimum Gasteiger partial charge on any atom is -0.496 e.